The van der Waals surface area contributed by atoms with Crippen molar-refractivity contribution in [2.24, 2.45) is 0 Å². The van der Waals surface area contributed by atoms with Gasteiger partial charge in [-0.3, -0.25) is 0 Å². The van der Waals surface area contributed by atoms with Crippen LogP contribution in [0.5, 0.6) is 0 Å². The lowest BCUT2D eigenvalue weighted by atomic mass is 10.2. The Labute approximate surface area is 125 Å². The second-order valence-electron chi connectivity index (χ2n) is 4.31. The maximum Gasteiger partial charge on any atom is 0.156 e. The SMILES string of the molecule is CNCc1cccc(F)c1Sc1nc2ccccc2s1. The first-order valence-corrected chi connectivity index (χ1v) is 7.86. The molecule has 3 aromatic rings. The average molecular weight is 304 g/mol. The predicted octanol–water partition coefficient (Wildman–Crippen LogP) is 4.31. The molecule has 0 saturated carbocycles. The molecule has 0 aliphatic carbocycles. The summed E-state index contributed by atoms with van der Waals surface area (Å²) in [5.74, 6) is -0.193. The molecule has 0 fully saturated rings. The van der Waals surface area contributed by atoms with Crippen molar-refractivity contribution in [2.45, 2.75) is 15.8 Å². The van der Waals surface area contributed by atoms with Crippen molar-refractivity contribution >= 4 is 33.3 Å². The van der Waals surface area contributed by atoms with Crippen LogP contribution in [0, 0.1) is 5.82 Å². The Kier molecular flexibility index (Phi) is 4.00. The lowest BCUT2D eigenvalue weighted by molar-refractivity contribution is 0.594. The summed E-state index contributed by atoms with van der Waals surface area (Å²) in [6.07, 6.45) is 0. The fourth-order valence-corrected chi connectivity index (χ4v) is 4.12. The molecule has 1 aromatic heterocycles. The summed E-state index contributed by atoms with van der Waals surface area (Å²) in [4.78, 5) is 5.20. The van der Waals surface area contributed by atoms with Gasteiger partial charge >= 0.3 is 0 Å². The van der Waals surface area contributed by atoms with Gasteiger partial charge in [-0.05, 0) is 30.8 Å². The normalized spacial score (nSPS) is 11.1. The molecule has 0 spiro atoms. The smallest absolute Gasteiger partial charge is 0.156 e. The summed E-state index contributed by atoms with van der Waals surface area (Å²) in [6, 6.07) is 13.1. The first-order valence-electron chi connectivity index (χ1n) is 6.23. The Hall–Kier alpha value is -1.43. The molecule has 2 nitrogen and oxygen atoms in total. The molecule has 1 heterocycles. The van der Waals surface area contributed by atoms with Crippen LogP contribution in [0.25, 0.3) is 10.2 Å². The summed E-state index contributed by atoms with van der Waals surface area (Å²) in [6.45, 7) is 0.644. The molecule has 2 aromatic carbocycles. The van der Waals surface area contributed by atoms with Crippen LogP contribution in [0.2, 0.25) is 0 Å². The highest BCUT2D eigenvalue weighted by Gasteiger charge is 2.12. The van der Waals surface area contributed by atoms with E-state index in [0.717, 1.165) is 20.1 Å². The Bertz CT molecular complexity index is 707. The zero-order valence-electron chi connectivity index (χ0n) is 10.9. The van der Waals surface area contributed by atoms with E-state index >= 15 is 0 Å². The molecule has 0 amide bonds. The molecule has 0 saturated heterocycles. The molecular weight excluding hydrogens is 291 g/mol. The second kappa shape index (κ2) is 5.91. The van der Waals surface area contributed by atoms with Gasteiger partial charge in [-0.25, -0.2) is 9.37 Å². The zero-order chi connectivity index (χ0) is 13.9. The Morgan fingerprint density at radius 1 is 1.20 bits per heavy atom. The van der Waals surface area contributed by atoms with E-state index in [9.17, 15) is 4.39 Å². The van der Waals surface area contributed by atoms with Crippen molar-refractivity contribution in [3.8, 4) is 0 Å². The molecule has 0 bridgehead atoms. The van der Waals surface area contributed by atoms with Gasteiger partial charge in [0, 0.05) is 6.54 Å². The Morgan fingerprint density at radius 3 is 2.85 bits per heavy atom. The van der Waals surface area contributed by atoms with E-state index in [1.165, 1.54) is 17.8 Å². The highest BCUT2D eigenvalue weighted by Crippen LogP contribution is 2.37. The number of thiazole rings is 1. The van der Waals surface area contributed by atoms with Gasteiger partial charge in [0.05, 0.1) is 15.1 Å². The van der Waals surface area contributed by atoms with E-state index in [1.54, 1.807) is 17.4 Å². The third-order valence-electron chi connectivity index (χ3n) is 2.88. The topological polar surface area (TPSA) is 24.9 Å². The molecule has 0 aliphatic rings. The van der Waals surface area contributed by atoms with Crippen LogP contribution in [-0.2, 0) is 6.54 Å². The van der Waals surface area contributed by atoms with Gasteiger partial charge in [-0.2, -0.15) is 0 Å². The minimum Gasteiger partial charge on any atom is -0.316 e. The number of benzene rings is 2. The summed E-state index contributed by atoms with van der Waals surface area (Å²) < 4.78 is 16.0. The summed E-state index contributed by atoms with van der Waals surface area (Å²) >= 11 is 2.99. The number of fused-ring (bicyclic) bond motifs is 1. The lowest BCUT2D eigenvalue weighted by Crippen LogP contribution is -2.06. The predicted molar refractivity (Wildman–Crippen MR) is 82.9 cm³/mol. The first-order chi connectivity index (χ1) is 9.78. The quantitative estimate of drug-likeness (QED) is 0.777. The number of nitrogens with one attached hydrogen (secondary N) is 1. The molecule has 0 atom stereocenters. The first kappa shape index (κ1) is 13.5. The van der Waals surface area contributed by atoms with Gasteiger partial charge in [-0.1, -0.05) is 36.0 Å². The highest BCUT2D eigenvalue weighted by atomic mass is 32.2. The van der Waals surface area contributed by atoms with Gasteiger partial charge < -0.3 is 5.32 Å². The summed E-state index contributed by atoms with van der Waals surface area (Å²) in [5.41, 5.74) is 1.92. The highest BCUT2D eigenvalue weighted by molar-refractivity contribution is 8.01. The molecule has 102 valence electrons. The molecule has 1 N–H and O–H groups in total. The number of halogens is 1. The van der Waals surface area contributed by atoms with Gasteiger partial charge in [0.1, 0.15) is 5.82 Å². The minimum atomic E-state index is -0.193. The van der Waals surface area contributed by atoms with Crippen LogP contribution in [0.15, 0.2) is 51.7 Å². The molecule has 0 radical (unpaired) electrons. The minimum absolute atomic E-state index is 0.193. The maximum atomic E-state index is 14.0. The number of hydrogen-bond acceptors (Lipinski definition) is 4. The molecular formula is C15H13FN2S2. The van der Waals surface area contributed by atoms with E-state index in [1.807, 2.05) is 37.4 Å². The number of rotatable bonds is 4. The lowest BCUT2D eigenvalue weighted by Gasteiger charge is -2.08. The third-order valence-corrected chi connectivity index (χ3v) is 5.14. The summed E-state index contributed by atoms with van der Waals surface area (Å²) in [5, 5.41) is 3.07. The van der Waals surface area contributed by atoms with Crippen LogP contribution < -0.4 is 5.32 Å². The van der Waals surface area contributed by atoms with Crippen molar-refractivity contribution in [2.75, 3.05) is 7.05 Å². The third kappa shape index (κ3) is 2.70. The van der Waals surface area contributed by atoms with Crippen molar-refractivity contribution in [3.63, 3.8) is 0 Å². The fourth-order valence-electron chi connectivity index (χ4n) is 1.98. The van der Waals surface area contributed by atoms with Crippen LogP contribution in [-0.4, -0.2) is 12.0 Å². The van der Waals surface area contributed by atoms with Crippen LogP contribution in [0.4, 0.5) is 4.39 Å². The van der Waals surface area contributed by atoms with Gasteiger partial charge in [0.15, 0.2) is 4.34 Å². The van der Waals surface area contributed by atoms with Gasteiger partial charge in [-0.15, -0.1) is 11.3 Å². The van der Waals surface area contributed by atoms with E-state index in [2.05, 4.69) is 10.3 Å². The molecule has 0 unspecified atom stereocenters. The zero-order valence-corrected chi connectivity index (χ0v) is 12.5. The second-order valence-corrected chi connectivity index (χ2v) is 6.60. The Balaban J connectivity index is 1.97. The monoisotopic (exact) mass is 304 g/mol. The number of para-hydroxylation sites is 1. The molecule has 20 heavy (non-hydrogen) atoms. The van der Waals surface area contributed by atoms with Crippen LogP contribution in [0.3, 0.4) is 0 Å². The molecule has 0 aliphatic heterocycles. The van der Waals surface area contributed by atoms with Crippen LogP contribution in [0.1, 0.15) is 5.56 Å². The Morgan fingerprint density at radius 2 is 2.05 bits per heavy atom. The van der Waals surface area contributed by atoms with E-state index in [-0.39, 0.29) is 5.82 Å². The van der Waals surface area contributed by atoms with Crippen molar-refractivity contribution < 1.29 is 4.39 Å². The van der Waals surface area contributed by atoms with E-state index in [0.29, 0.717) is 11.4 Å². The molecule has 5 heteroatoms. The summed E-state index contributed by atoms with van der Waals surface area (Å²) in [7, 11) is 1.86. The molecule has 3 rings (SSSR count). The number of hydrogen-bond donors (Lipinski definition) is 1. The van der Waals surface area contributed by atoms with Crippen molar-refractivity contribution in [1.29, 1.82) is 0 Å². The van der Waals surface area contributed by atoms with Crippen molar-refractivity contribution in [3.05, 3.63) is 53.8 Å². The largest absolute Gasteiger partial charge is 0.316 e. The van der Waals surface area contributed by atoms with Crippen LogP contribution >= 0.6 is 23.1 Å². The van der Waals surface area contributed by atoms with Gasteiger partial charge in [0.2, 0.25) is 0 Å². The average Bonchev–Trinajstić information content (AvgIpc) is 2.85. The number of nitrogens with zero attached hydrogens (tertiary/aromatic N) is 1. The van der Waals surface area contributed by atoms with E-state index in [4.69, 9.17) is 0 Å². The standard InChI is InChI=1S/C15H13FN2S2/c1-17-9-10-5-4-6-11(16)14(10)20-15-18-12-7-2-3-8-13(12)19-15/h2-8,17H,9H2,1H3. The van der Waals surface area contributed by atoms with Gasteiger partial charge in [0.25, 0.3) is 0 Å². The van der Waals surface area contributed by atoms with E-state index < -0.39 is 0 Å². The number of aromatic nitrogens is 1. The van der Waals surface area contributed by atoms with Crippen molar-refractivity contribution in [1.82, 2.24) is 10.3 Å². The fraction of sp³-hybridized carbons (Fsp3) is 0.133. The maximum absolute atomic E-state index is 14.0.